The van der Waals surface area contributed by atoms with Crippen LogP contribution in [0.15, 0.2) is 12.1 Å². The summed E-state index contributed by atoms with van der Waals surface area (Å²) in [4.78, 5) is 0. The quantitative estimate of drug-likeness (QED) is 0.838. The van der Waals surface area contributed by atoms with Gasteiger partial charge in [-0.2, -0.15) is 0 Å². The van der Waals surface area contributed by atoms with E-state index in [0.717, 1.165) is 0 Å². The van der Waals surface area contributed by atoms with Crippen molar-refractivity contribution in [3.63, 3.8) is 0 Å². The van der Waals surface area contributed by atoms with Crippen LogP contribution in [0.25, 0.3) is 0 Å². The third kappa shape index (κ3) is 2.68. The summed E-state index contributed by atoms with van der Waals surface area (Å²) in [6.07, 6.45) is -0.630. The Morgan fingerprint density at radius 2 is 2.07 bits per heavy atom. The first-order chi connectivity index (χ1) is 6.97. The van der Waals surface area contributed by atoms with E-state index in [1.807, 2.05) is 0 Å². The number of benzene rings is 1. The highest BCUT2D eigenvalue weighted by Crippen LogP contribution is 2.27. The molecule has 84 valence electrons. The summed E-state index contributed by atoms with van der Waals surface area (Å²) in [5.41, 5.74) is 1.08. The van der Waals surface area contributed by atoms with Gasteiger partial charge in [0, 0.05) is 5.02 Å². The van der Waals surface area contributed by atoms with E-state index in [2.05, 4.69) is 5.32 Å². The van der Waals surface area contributed by atoms with Crippen molar-refractivity contribution >= 4 is 11.6 Å². The van der Waals surface area contributed by atoms with Gasteiger partial charge in [-0.25, -0.2) is 4.39 Å². The van der Waals surface area contributed by atoms with Gasteiger partial charge < -0.3 is 10.4 Å². The summed E-state index contributed by atoms with van der Waals surface area (Å²) in [5, 5.41) is 12.9. The van der Waals surface area contributed by atoms with E-state index >= 15 is 0 Å². The standard InChI is InChI=1S/C11H15ClFNO/c1-6-4-9(12)8(5-10(6)13)11(14-3)7(2)15/h4-5,7,11,14-15H,1-3H3. The number of aliphatic hydroxyl groups is 1. The SMILES string of the molecule is CNC(c1cc(F)c(C)cc1Cl)C(C)O. The fourth-order valence-electron chi connectivity index (χ4n) is 1.56. The normalized spacial score (nSPS) is 15.1. The molecule has 0 spiro atoms. The van der Waals surface area contributed by atoms with Crippen molar-refractivity contribution in [2.45, 2.75) is 26.0 Å². The zero-order valence-corrected chi connectivity index (χ0v) is 9.77. The van der Waals surface area contributed by atoms with Crippen LogP contribution in [0.5, 0.6) is 0 Å². The van der Waals surface area contributed by atoms with Gasteiger partial charge >= 0.3 is 0 Å². The monoisotopic (exact) mass is 231 g/mol. The first kappa shape index (κ1) is 12.4. The Labute approximate surface area is 94.1 Å². The molecular formula is C11H15ClFNO. The lowest BCUT2D eigenvalue weighted by atomic mass is 10.0. The van der Waals surface area contributed by atoms with Crippen LogP contribution in [0.3, 0.4) is 0 Å². The van der Waals surface area contributed by atoms with Crippen molar-refractivity contribution in [2.24, 2.45) is 0 Å². The second-order valence-corrected chi connectivity index (χ2v) is 4.04. The predicted molar refractivity (Wildman–Crippen MR) is 59.6 cm³/mol. The van der Waals surface area contributed by atoms with Crippen molar-refractivity contribution in [3.05, 3.63) is 34.1 Å². The molecule has 1 aromatic rings. The molecule has 1 aromatic carbocycles. The third-order valence-corrected chi connectivity index (χ3v) is 2.73. The first-order valence-corrected chi connectivity index (χ1v) is 5.16. The second-order valence-electron chi connectivity index (χ2n) is 3.63. The molecule has 0 bridgehead atoms. The van der Waals surface area contributed by atoms with Gasteiger partial charge in [-0.1, -0.05) is 11.6 Å². The van der Waals surface area contributed by atoms with Crippen LogP contribution in [-0.4, -0.2) is 18.3 Å². The number of rotatable bonds is 3. The largest absolute Gasteiger partial charge is 0.391 e. The molecule has 0 aliphatic carbocycles. The minimum absolute atomic E-state index is 0.310. The number of hydrogen-bond donors (Lipinski definition) is 2. The third-order valence-electron chi connectivity index (χ3n) is 2.41. The molecule has 0 heterocycles. The van der Waals surface area contributed by atoms with Crippen molar-refractivity contribution < 1.29 is 9.50 Å². The highest BCUT2D eigenvalue weighted by Gasteiger charge is 2.19. The lowest BCUT2D eigenvalue weighted by Gasteiger charge is -2.21. The van der Waals surface area contributed by atoms with Gasteiger partial charge in [0.25, 0.3) is 0 Å². The molecule has 2 unspecified atom stereocenters. The van der Waals surface area contributed by atoms with Gasteiger partial charge in [0.1, 0.15) is 5.82 Å². The van der Waals surface area contributed by atoms with Crippen LogP contribution in [0, 0.1) is 12.7 Å². The molecule has 0 fully saturated rings. The summed E-state index contributed by atoms with van der Waals surface area (Å²) in [7, 11) is 1.70. The van der Waals surface area contributed by atoms with E-state index in [-0.39, 0.29) is 11.9 Å². The number of nitrogens with one attached hydrogen (secondary N) is 1. The van der Waals surface area contributed by atoms with Crippen molar-refractivity contribution in [3.8, 4) is 0 Å². The van der Waals surface area contributed by atoms with Gasteiger partial charge in [0.05, 0.1) is 12.1 Å². The minimum Gasteiger partial charge on any atom is -0.391 e. The topological polar surface area (TPSA) is 32.3 Å². The zero-order valence-electron chi connectivity index (χ0n) is 9.01. The molecule has 0 saturated heterocycles. The van der Waals surface area contributed by atoms with Crippen LogP contribution in [0.4, 0.5) is 4.39 Å². The average Bonchev–Trinajstić information content (AvgIpc) is 2.14. The summed E-state index contributed by atoms with van der Waals surface area (Å²) < 4.78 is 13.4. The summed E-state index contributed by atoms with van der Waals surface area (Å²) in [6.45, 7) is 3.29. The lowest BCUT2D eigenvalue weighted by molar-refractivity contribution is 0.150. The number of likely N-dealkylation sites (N-methyl/N-ethyl adjacent to an activating group) is 1. The van der Waals surface area contributed by atoms with Gasteiger partial charge in [0.15, 0.2) is 0 Å². The molecule has 1 rings (SSSR count). The van der Waals surface area contributed by atoms with Crippen LogP contribution >= 0.6 is 11.6 Å². The summed E-state index contributed by atoms with van der Waals surface area (Å²) >= 11 is 6.00. The Morgan fingerprint density at radius 3 is 2.53 bits per heavy atom. The predicted octanol–water partition coefficient (Wildman–Crippen LogP) is 2.43. The maximum absolute atomic E-state index is 13.4. The zero-order chi connectivity index (χ0) is 11.6. The van der Waals surface area contributed by atoms with Crippen molar-refractivity contribution in [1.29, 1.82) is 0 Å². The maximum atomic E-state index is 13.4. The van der Waals surface area contributed by atoms with Crippen LogP contribution in [0.2, 0.25) is 5.02 Å². The molecule has 15 heavy (non-hydrogen) atoms. The van der Waals surface area contributed by atoms with E-state index in [0.29, 0.717) is 16.1 Å². The summed E-state index contributed by atoms with van der Waals surface area (Å²) in [6, 6.07) is 2.58. The number of aliphatic hydroxyl groups excluding tert-OH is 1. The van der Waals surface area contributed by atoms with Crippen LogP contribution < -0.4 is 5.32 Å². The number of halogens is 2. The van der Waals surface area contributed by atoms with E-state index in [1.165, 1.54) is 6.07 Å². The average molecular weight is 232 g/mol. The molecule has 0 aromatic heterocycles. The van der Waals surface area contributed by atoms with E-state index in [1.54, 1.807) is 27.0 Å². The van der Waals surface area contributed by atoms with Gasteiger partial charge in [-0.05, 0) is 44.2 Å². The molecule has 2 atom stereocenters. The molecule has 2 nitrogen and oxygen atoms in total. The molecule has 0 aliphatic heterocycles. The molecule has 2 N–H and O–H groups in total. The smallest absolute Gasteiger partial charge is 0.126 e. The Balaban J connectivity index is 3.18. The first-order valence-electron chi connectivity index (χ1n) is 4.78. The highest BCUT2D eigenvalue weighted by atomic mass is 35.5. The Hall–Kier alpha value is -0.640. The highest BCUT2D eigenvalue weighted by molar-refractivity contribution is 6.31. The maximum Gasteiger partial charge on any atom is 0.126 e. The molecule has 0 radical (unpaired) electrons. The van der Waals surface area contributed by atoms with E-state index < -0.39 is 6.10 Å². The number of aryl methyl sites for hydroxylation is 1. The molecule has 4 heteroatoms. The van der Waals surface area contributed by atoms with Crippen molar-refractivity contribution in [1.82, 2.24) is 5.32 Å². The minimum atomic E-state index is -0.630. The fraction of sp³-hybridized carbons (Fsp3) is 0.455. The molecule has 0 aliphatic rings. The Morgan fingerprint density at radius 1 is 1.47 bits per heavy atom. The van der Waals surface area contributed by atoms with Crippen LogP contribution in [-0.2, 0) is 0 Å². The second kappa shape index (κ2) is 4.92. The number of hydrogen-bond acceptors (Lipinski definition) is 2. The Kier molecular flexibility index (Phi) is 4.08. The lowest BCUT2D eigenvalue weighted by Crippen LogP contribution is -2.27. The molecular weight excluding hydrogens is 217 g/mol. The van der Waals surface area contributed by atoms with Crippen LogP contribution in [0.1, 0.15) is 24.1 Å². The fourth-order valence-corrected chi connectivity index (χ4v) is 1.89. The van der Waals surface area contributed by atoms with Crippen molar-refractivity contribution in [2.75, 3.05) is 7.05 Å². The molecule has 0 saturated carbocycles. The van der Waals surface area contributed by atoms with Gasteiger partial charge in [0.2, 0.25) is 0 Å². The molecule has 0 amide bonds. The van der Waals surface area contributed by atoms with Gasteiger partial charge in [-0.15, -0.1) is 0 Å². The summed E-state index contributed by atoms with van der Waals surface area (Å²) in [5.74, 6) is -0.310. The van der Waals surface area contributed by atoms with E-state index in [4.69, 9.17) is 11.6 Å². The van der Waals surface area contributed by atoms with E-state index in [9.17, 15) is 9.50 Å². The Bertz CT molecular complexity index is 355. The van der Waals surface area contributed by atoms with Gasteiger partial charge in [-0.3, -0.25) is 0 Å².